The number of halogens is 2. The fraction of sp³-hybridized carbons (Fsp3) is 0.381. The van der Waals surface area contributed by atoms with Crippen LogP contribution in [0.3, 0.4) is 0 Å². The lowest BCUT2D eigenvalue weighted by molar-refractivity contribution is -0.0102. The highest BCUT2D eigenvalue weighted by Crippen LogP contribution is 2.32. The number of anilines is 2. The molecule has 7 nitrogen and oxygen atoms in total. The lowest BCUT2D eigenvalue weighted by atomic mass is 10.1. The van der Waals surface area contributed by atoms with Crippen molar-refractivity contribution in [3.05, 3.63) is 47.2 Å². The Balaban J connectivity index is 1.99. The van der Waals surface area contributed by atoms with Gasteiger partial charge in [-0.25, -0.2) is 22.8 Å². The molecule has 1 aliphatic heterocycles. The van der Waals surface area contributed by atoms with Gasteiger partial charge in [0.25, 0.3) is 5.91 Å². The first-order valence-electron chi connectivity index (χ1n) is 9.70. The van der Waals surface area contributed by atoms with Crippen LogP contribution in [0.5, 0.6) is 0 Å². The van der Waals surface area contributed by atoms with Crippen molar-refractivity contribution in [3.63, 3.8) is 0 Å². The first-order valence-corrected chi connectivity index (χ1v) is 11.7. The lowest BCUT2D eigenvalue weighted by Crippen LogP contribution is -2.30. The van der Waals surface area contributed by atoms with Crippen LogP contribution in [0.15, 0.2) is 35.2 Å². The van der Waals surface area contributed by atoms with Gasteiger partial charge in [0.1, 0.15) is 17.6 Å². The molecule has 1 fully saturated rings. The molecular weight excluding hydrogens is 424 g/mol. The van der Waals surface area contributed by atoms with E-state index in [1.54, 1.807) is 30.0 Å². The second-order valence-corrected chi connectivity index (χ2v) is 9.82. The number of hydrogen-bond donors (Lipinski definition) is 2. The molecule has 164 valence electrons. The zero-order chi connectivity index (χ0) is 22.8. The van der Waals surface area contributed by atoms with Gasteiger partial charge in [0.2, 0.25) is 5.92 Å². The molecule has 2 heterocycles. The second-order valence-electron chi connectivity index (χ2n) is 7.66. The maximum absolute atomic E-state index is 13.8. The first-order chi connectivity index (χ1) is 14.5. The van der Waals surface area contributed by atoms with E-state index in [4.69, 9.17) is 4.78 Å². The van der Waals surface area contributed by atoms with Gasteiger partial charge in [-0.15, -0.1) is 0 Å². The Labute approximate surface area is 180 Å². The normalized spacial score (nSPS) is 17.8. The first kappa shape index (κ1) is 22.6. The standard InChI is InChI=1S/C21H23F2N5O2S/c1-14-11-16(13-24)26-19(28-9-4-7-21(22,23)8-10-28)18(14)20(29)27-15-5-3-6-17(12-15)31(2,25)30/h3,5-6,11-12,25H,4,7-10H2,1-2H3,(H,27,29). The third-order valence-electron chi connectivity index (χ3n) is 5.10. The summed E-state index contributed by atoms with van der Waals surface area (Å²) < 4.78 is 47.4. The van der Waals surface area contributed by atoms with Crippen molar-refractivity contribution in [3.8, 4) is 6.07 Å². The summed E-state index contributed by atoms with van der Waals surface area (Å²) in [5, 5.41) is 12.0. The molecule has 31 heavy (non-hydrogen) atoms. The summed E-state index contributed by atoms with van der Waals surface area (Å²) >= 11 is 0. The van der Waals surface area contributed by atoms with Crippen molar-refractivity contribution in [1.82, 2.24) is 4.98 Å². The minimum atomic E-state index is -2.96. The molecule has 3 rings (SSSR count). The van der Waals surface area contributed by atoms with Gasteiger partial charge in [0.15, 0.2) is 0 Å². The molecule has 1 saturated heterocycles. The SMILES string of the molecule is Cc1cc(C#N)nc(N2CCCC(F)(F)CC2)c1C(=O)Nc1cccc(S(C)(=N)=O)c1. The Kier molecular flexibility index (Phi) is 6.27. The molecular formula is C21H23F2N5O2S. The topological polar surface area (TPSA) is 110 Å². The van der Waals surface area contributed by atoms with Gasteiger partial charge in [-0.2, -0.15) is 5.26 Å². The molecule has 0 radical (unpaired) electrons. The zero-order valence-corrected chi connectivity index (χ0v) is 18.1. The Morgan fingerprint density at radius 1 is 1.32 bits per heavy atom. The molecule has 1 atom stereocenters. The molecule has 1 aromatic carbocycles. The third kappa shape index (κ3) is 5.35. The molecule has 1 amide bonds. The van der Waals surface area contributed by atoms with E-state index in [2.05, 4.69) is 10.3 Å². The largest absolute Gasteiger partial charge is 0.356 e. The quantitative estimate of drug-likeness (QED) is 0.731. The predicted octanol–water partition coefficient (Wildman–Crippen LogP) is 4.18. The van der Waals surface area contributed by atoms with Crippen molar-refractivity contribution < 1.29 is 17.8 Å². The maximum Gasteiger partial charge on any atom is 0.259 e. The summed E-state index contributed by atoms with van der Waals surface area (Å²) in [6.07, 6.45) is 0.929. The summed E-state index contributed by atoms with van der Waals surface area (Å²) in [4.78, 5) is 19.3. The van der Waals surface area contributed by atoms with Gasteiger partial charge < -0.3 is 10.2 Å². The molecule has 1 aliphatic rings. The molecule has 0 bridgehead atoms. The summed E-state index contributed by atoms with van der Waals surface area (Å²) in [5.74, 6) is -3.10. The van der Waals surface area contributed by atoms with Crippen LogP contribution in [0.25, 0.3) is 0 Å². The molecule has 2 aromatic rings. The number of aromatic nitrogens is 1. The van der Waals surface area contributed by atoms with E-state index in [1.807, 2.05) is 6.07 Å². The number of carbonyl (C=O) groups is 1. The van der Waals surface area contributed by atoms with Crippen molar-refractivity contribution >= 4 is 27.1 Å². The van der Waals surface area contributed by atoms with Crippen molar-refractivity contribution in [1.29, 1.82) is 10.0 Å². The van der Waals surface area contributed by atoms with E-state index in [9.17, 15) is 23.0 Å². The molecule has 10 heteroatoms. The van der Waals surface area contributed by atoms with Crippen LogP contribution < -0.4 is 10.2 Å². The van der Waals surface area contributed by atoms with E-state index in [0.29, 0.717) is 17.8 Å². The van der Waals surface area contributed by atoms with Crippen molar-refractivity contribution in [2.75, 3.05) is 29.6 Å². The number of hydrogen-bond acceptors (Lipinski definition) is 6. The molecule has 0 spiro atoms. The fourth-order valence-electron chi connectivity index (χ4n) is 3.51. The number of aryl methyl sites for hydroxylation is 1. The number of carbonyl (C=O) groups excluding carboxylic acids is 1. The average Bonchev–Trinajstić information content (AvgIpc) is 2.87. The zero-order valence-electron chi connectivity index (χ0n) is 17.2. The Morgan fingerprint density at radius 2 is 2.06 bits per heavy atom. The summed E-state index contributed by atoms with van der Waals surface area (Å²) in [5.41, 5.74) is 1.13. The second kappa shape index (κ2) is 8.59. The van der Waals surface area contributed by atoms with Gasteiger partial charge in [-0.05, 0) is 43.2 Å². The number of alkyl halides is 2. The number of benzene rings is 1. The molecule has 0 aliphatic carbocycles. The third-order valence-corrected chi connectivity index (χ3v) is 6.25. The van der Waals surface area contributed by atoms with Crippen LogP contribution in [0.2, 0.25) is 0 Å². The van der Waals surface area contributed by atoms with E-state index in [0.717, 1.165) is 0 Å². The molecule has 2 N–H and O–H groups in total. The predicted molar refractivity (Wildman–Crippen MR) is 114 cm³/mol. The van der Waals surface area contributed by atoms with Gasteiger partial charge in [-0.3, -0.25) is 4.79 Å². The van der Waals surface area contributed by atoms with E-state index in [-0.39, 0.29) is 47.8 Å². The van der Waals surface area contributed by atoms with Gasteiger partial charge in [-0.1, -0.05) is 6.07 Å². The van der Waals surface area contributed by atoms with Crippen LogP contribution in [-0.2, 0) is 9.73 Å². The highest BCUT2D eigenvalue weighted by Gasteiger charge is 2.33. The molecule has 0 saturated carbocycles. The highest BCUT2D eigenvalue weighted by atomic mass is 32.2. The number of nitriles is 1. The van der Waals surface area contributed by atoms with Crippen molar-refractivity contribution in [2.45, 2.75) is 37.0 Å². The minimum Gasteiger partial charge on any atom is -0.356 e. The molecule has 1 unspecified atom stereocenters. The fourth-order valence-corrected chi connectivity index (χ4v) is 4.20. The van der Waals surface area contributed by atoms with E-state index in [1.165, 1.54) is 18.4 Å². The Morgan fingerprint density at radius 3 is 2.74 bits per heavy atom. The summed E-state index contributed by atoms with van der Waals surface area (Å²) in [6, 6.07) is 9.62. The van der Waals surface area contributed by atoms with Crippen LogP contribution in [-0.4, -0.2) is 40.4 Å². The number of rotatable bonds is 4. The number of nitrogens with zero attached hydrogens (tertiary/aromatic N) is 3. The van der Waals surface area contributed by atoms with Crippen LogP contribution in [0.4, 0.5) is 20.3 Å². The minimum absolute atomic E-state index is 0.0147. The number of pyridine rings is 1. The molecule has 1 aromatic heterocycles. The van der Waals surface area contributed by atoms with Gasteiger partial charge in [0, 0.05) is 42.8 Å². The lowest BCUT2D eigenvalue weighted by Gasteiger charge is -2.25. The van der Waals surface area contributed by atoms with Crippen LogP contribution in [0.1, 0.15) is 40.9 Å². The number of amides is 1. The van der Waals surface area contributed by atoms with E-state index < -0.39 is 21.6 Å². The van der Waals surface area contributed by atoms with Crippen molar-refractivity contribution in [2.24, 2.45) is 0 Å². The van der Waals surface area contributed by atoms with Gasteiger partial charge >= 0.3 is 0 Å². The Bertz CT molecular complexity index is 1160. The average molecular weight is 448 g/mol. The number of nitrogens with one attached hydrogen (secondary N) is 2. The summed E-state index contributed by atoms with van der Waals surface area (Å²) in [7, 11) is -2.96. The Hall–Kier alpha value is -3.06. The van der Waals surface area contributed by atoms with Crippen LogP contribution in [0, 0.1) is 23.0 Å². The van der Waals surface area contributed by atoms with Crippen LogP contribution >= 0.6 is 0 Å². The monoisotopic (exact) mass is 447 g/mol. The van der Waals surface area contributed by atoms with E-state index >= 15 is 0 Å². The highest BCUT2D eigenvalue weighted by molar-refractivity contribution is 7.91. The smallest absolute Gasteiger partial charge is 0.259 e. The summed E-state index contributed by atoms with van der Waals surface area (Å²) in [6.45, 7) is 1.97. The van der Waals surface area contributed by atoms with Gasteiger partial charge in [0.05, 0.1) is 15.3 Å². The maximum atomic E-state index is 13.8.